The molecule has 0 atom stereocenters. The van der Waals surface area contributed by atoms with E-state index < -0.39 is 0 Å². The van der Waals surface area contributed by atoms with Crippen molar-refractivity contribution in [2.75, 3.05) is 19.3 Å². The van der Waals surface area contributed by atoms with Crippen molar-refractivity contribution in [1.29, 1.82) is 0 Å². The molecule has 1 aromatic carbocycles. The van der Waals surface area contributed by atoms with Gasteiger partial charge in [-0.05, 0) is 19.2 Å². The van der Waals surface area contributed by atoms with Crippen molar-refractivity contribution < 1.29 is 0 Å². The Morgan fingerprint density at radius 2 is 2.14 bits per heavy atom. The molecule has 0 fully saturated rings. The van der Waals surface area contributed by atoms with Crippen molar-refractivity contribution in [2.24, 2.45) is 0 Å². The molecule has 0 aliphatic carbocycles. The molecule has 0 heterocycles. The Labute approximate surface area is 93.7 Å². The summed E-state index contributed by atoms with van der Waals surface area (Å²) in [5, 5.41) is 4.07. The Morgan fingerprint density at radius 3 is 2.79 bits per heavy atom. The molecule has 2 nitrogen and oxygen atoms in total. The number of nitrogen functional groups attached to an aromatic ring is 1. The normalized spacial score (nSPS) is 11.1. The summed E-state index contributed by atoms with van der Waals surface area (Å²) in [7, 11) is 1.87. The van der Waals surface area contributed by atoms with Gasteiger partial charge in [-0.25, -0.2) is 0 Å². The molecular formula is C10H12Cl2N2. The first-order valence-corrected chi connectivity index (χ1v) is 4.96. The summed E-state index contributed by atoms with van der Waals surface area (Å²) in [6.07, 6.45) is 3.85. The number of hydrogen-bond donors (Lipinski definition) is 2. The molecule has 3 N–H and O–H groups in total. The minimum Gasteiger partial charge on any atom is -0.397 e. The number of nitrogens with two attached hydrogens (primary N) is 1. The second kappa shape index (κ2) is 5.25. The molecule has 14 heavy (non-hydrogen) atoms. The van der Waals surface area contributed by atoms with Crippen molar-refractivity contribution in [3.05, 3.63) is 33.8 Å². The summed E-state index contributed by atoms with van der Waals surface area (Å²) >= 11 is 11.7. The van der Waals surface area contributed by atoms with E-state index >= 15 is 0 Å². The molecule has 0 bridgehead atoms. The van der Waals surface area contributed by atoms with Crippen molar-refractivity contribution in [2.45, 2.75) is 0 Å². The highest BCUT2D eigenvalue weighted by Gasteiger charge is 2.02. The van der Waals surface area contributed by atoms with Gasteiger partial charge in [0.25, 0.3) is 0 Å². The third-order valence-electron chi connectivity index (χ3n) is 1.75. The highest BCUT2D eigenvalue weighted by molar-refractivity contribution is 6.36. The van der Waals surface area contributed by atoms with Crippen LogP contribution in [-0.2, 0) is 0 Å². The lowest BCUT2D eigenvalue weighted by molar-refractivity contribution is 0.922. The highest BCUT2D eigenvalue weighted by atomic mass is 35.5. The molecule has 0 amide bonds. The smallest absolute Gasteiger partial charge is 0.0656 e. The lowest BCUT2D eigenvalue weighted by atomic mass is 10.1. The summed E-state index contributed by atoms with van der Waals surface area (Å²) in [5.41, 5.74) is 7.18. The van der Waals surface area contributed by atoms with Gasteiger partial charge < -0.3 is 11.1 Å². The first kappa shape index (κ1) is 11.4. The van der Waals surface area contributed by atoms with Crippen LogP contribution >= 0.6 is 23.2 Å². The van der Waals surface area contributed by atoms with E-state index in [0.717, 1.165) is 12.1 Å². The maximum absolute atomic E-state index is 5.87. The van der Waals surface area contributed by atoms with Gasteiger partial charge >= 0.3 is 0 Å². The van der Waals surface area contributed by atoms with Crippen molar-refractivity contribution >= 4 is 35.0 Å². The van der Waals surface area contributed by atoms with Crippen molar-refractivity contribution in [1.82, 2.24) is 5.32 Å². The summed E-state index contributed by atoms with van der Waals surface area (Å²) in [6, 6.07) is 3.42. The maximum atomic E-state index is 5.87. The zero-order chi connectivity index (χ0) is 10.6. The van der Waals surface area contributed by atoms with Gasteiger partial charge in [-0.1, -0.05) is 35.4 Å². The van der Waals surface area contributed by atoms with E-state index in [1.807, 2.05) is 19.2 Å². The third-order valence-corrected chi connectivity index (χ3v) is 2.28. The zero-order valence-electron chi connectivity index (χ0n) is 7.85. The number of hydrogen-bond acceptors (Lipinski definition) is 2. The van der Waals surface area contributed by atoms with Crippen molar-refractivity contribution in [3.63, 3.8) is 0 Å². The van der Waals surface area contributed by atoms with Gasteiger partial charge in [0.05, 0.1) is 10.7 Å². The fraction of sp³-hybridized carbons (Fsp3) is 0.200. The summed E-state index contributed by atoms with van der Waals surface area (Å²) in [5.74, 6) is 0. The Kier molecular flexibility index (Phi) is 4.26. The van der Waals surface area contributed by atoms with E-state index in [0.29, 0.717) is 15.7 Å². The molecule has 76 valence electrons. The second-order valence-electron chi connectivity index (χ2n) is 2.85. The predicted molar refractivity (Wildman–Crippen MR) is 63.8 cm³/mol. The van der Waals surface area contributed by atoms with Gasteiger partial charge in [-0.3, -0.25) is 0 Å². The molecule has 0 saturated heterocycles. The number of nitrogens with one attached hydrogen (secondary N) is 1. The topological polar surface area (TPSA) is 38.0 Å². The van der Waals surface area contributed by atoms with E-state index in [2.05, 4.69) is 5.32 Å². The molecule has 0 aliphatic rings. The average molecular weight is 231 g/mol. The van der Waals surface area contributed by atoms with Gasteiger partial charge in [0.2, 0.25) is 0 Å². The van der Waals surface area contributed by atoms with Gasteiger partial charge in [-0.15, -0.1) is 0 Å². The number of anilines is 1. The number of likely N-dealkylation sites (N-methyl/N-ethyl adjacent to an activating group) is 1. The molecule has 4 heteroatoms. The highest BCUT2D eigenvalue weighted by Crippen LogP contribution is 2.28. The Bertz CT molecular complexity index is 348. The molecule has 0 aromatic heterocycles. The fourth-order valence-corrected chi connectivity index (χ4v) is 1.56. The molecule has 0 saturated carbocycles. The molecule has 0 unspecified atom stereocenters. The molecule has 1 rings (SSSR count). The average Bonchev–Trinajstić information content (AvgIpc) is 2.13. The van der Waals surface area contributed by atoms with E-state index in [1.54, 1.807) is 12.1 Å². The van der Waals surface area contributed by atoms with Crippen LogP contribution in [0.3, 0.4) is 0 Å². The summed E-state index contributed by atoms with van der Waals surface area (Å²) in [6.45, 7) is 0.781. The Balaban J connectivity index is 2.96. The van der Waals surface area contributed by atoms with Crippen LogP contribution in [0.2, 0.25) is 10.0 Å². The van der Waals surface area contributed by atoms with Crippen LogP contribution < -0.4 is 11.1 Å². The van der Waals surface area contributed by atoms with E-state index in [4.69, 9.17) is 28.9 Å². The van der Waals surface area contributed by atoms with E-state index in [-0.39, 0.29) is 0 Å². The maximum Gasteiger partial charge on any atom is 0.0656 e. The lowest BCUT2D eigenvalue weighted by Gasteiger charge is -2.03. The Morgan fingerprint density at radius 1 is 1.43 bits per heavy atom. The van der Waals surface area contributed by atoms with Gasteiger partial charge in [0.15, 0.2) is 0 Å². The van der Waals surface area contributed by atoms with Gasteiger partial charge in [-0.2, -0.15) is 0 Å². The van der Waals surface area contributed by atoms with Crippen molar-refractivity contribution in [3.8, 4) is 0 Å². The van der Waals surface area contributed by atoms with Crippen LogP contribution in [0.1, 0.15) is 5.56 Å². The van der Waals surface area contributed by atoms with Crippen LogP contribution in [0.15, 0.2) is 18.2 Å². The molecule has 0 radical (unpaired) electrons. The number of rotatable bonds is 3. The summed E-state index contributed by atoms with van der Waals surface area (Å²) < 4.78 is 0. The monoisotopic (exact) mass is 230 g/mol. The largest absolute Gasteiger partial charge is 0.397 e. The minimum absolute atomic E-state index is 0.488. The van der Waals surface area contributed by atoms with Crippen LogP contribution in [0.25, 0.3) is 6.08 Å². The SMILES string of the molecule is CNCC=Cc1cc(Cl)cc(Cl)c1N. The Hall–Kier alpha value is -0.700. The molecule has 1 aromatic rings. The van der Waals surface area contributed by atoms with Crippen LogP contribution in [-0.4, -0.2) is 13.6 Å². The lowest BCUT2D eigenvalue weighted by Crippen LogP contribution is -2.03. The molecule has 0 aliphatic heterocycles. The van der Waals surface area contributed by atoms with Crippen LogP contribution in [0.4, 0.5) is 5.69 Å². The second-order valence-corrected chi connectivity index (χ2v) is 3.69. The quantitative estimate of drug-likeness (QED) is 0.785. The molecule has 0 spiro atoms. The first-order chi connectivity index (χ1) is 6.65. The van der Waals surface area contributed by atoms with Gasteiger partial charge in [0, 0.05) is 17.1 Å². The fourth-order valence-electron chi connectivity index (χ4n) is 1.05. The number of benzene rings is 1. The third kappa shape index (κ3) is 2.91. The molecular weight excluding hydrogens is 219 g/mol. The van der Waals surface area contributed by atoms with Crippen LogP contribution in [0.5, 0.6) is 0 Å². The zero-order valence-corrected chi connectivity index (χ0v) is 9.36. The number of halogens is 2. The van der Waals surface area contributed by atoms with Crippen LogP contribution in [0, 0.1) is 0 Å². The predicted octanol–water partition coefficient (Wildman–Crippen LogP) is 2.81. The van der Waals surface area contributed by atoms with E-state index in [9.17, 15) is 0 Å². The first-order valence-electron chi connectivity index (χ1n) is 4.21. The summed E-state index contributed by atoms with van der Waals surface area (Å²) in [4.78, 5) is 0. The standard InChI is InChI=1S/C10H12Cl2N2/c1-14-4-2-3-7-5-8(11)6-9(12)10(7)13/h2-3,5-6,14H,4,13H2,1H3. The van der Waals surface area contributed by atoms with Gasteiger partial charge in [0.1, 0.15) is 0 Å². The van der Waals surface area contributed by atoms with E-state index in [1.165, 1.54) is 0 Å². The minimum atomic E-state index is 0.488.